The summed E-state index contributed by atoms with van der Waals surface area (Å²) in [5.41, 5.74) is 0.542. The lowest BCUT2D eigenvalue weighted by Crippen LogP contribution is -2.34. The fourth-order valence-corrected chi connectivity index (χ4v) is 1.25. The standard InChI is InChI=1S/C11H16ClN3O/c1-3-8(2)14-7-10(16)15-9-5-4-6-13-11(9)12/h4-6,8,14H,3,7H2,1-2H3,(H,15,16). The zero-order valence-electron chi connectivity index (χ0n) is 9.46. The van der Waals surface area contributed by atoms with Crippen LogP contribution in [0.4, 0.5) is 5.69 Å². The number of hydrogen-bond donors (Lipinski definition) is 2. The highest BCUT2D eigenvalue weighted by Crippen LogP contribution is 2.16. The molecular weight excluding hydrogens is 226 g/mol. The molecule has 0 bridgehead atoms. The highest BCUT2D eigenvalue weighted by atomic mass is 35.5. The molecule has 0 aliphatic rings. The van der Waals surface area contributed by atoms with E-state index in [1.54, 1.807) is 18.3 Å². The van der Waals surface area contributed by atoms with Crippen LogP contribution in [0.15, 0.2) is 18.3 Å². The van der Waals surface area contributed by atoms with Crippen molar-refractivity contribution >= 4 is 23.2 Å². The van der Waals surface area contributed by atoms with Crippen LogP contribution in [0.1, 0.15) is 20.3 Å². The number of rotatable bonds is 5. The predicted octanol–water partition coefficient (Wildman–Crippen LogP) is 2.06. The Kier molecular flexibility index (Phi) is 5.22. The highest BCUT2D eigenvalue weighted by molar-refractivity contribution is 6.32. The third-order valence-corrected chi connectivity index (χ3v) is 2.56. The monoisotopic (exact) mass is 241 g/mol. The van der Waals surface area contributed by atoms with Crippen LogP contribution in [0.2, 0.25) is 5.15 Å². The summed E-state index contributed by atoms with van der Waals surface area (Å²) < 4.78 is 0. The summed E-state index contributed by atoms with van der Waals surface area (Å²) in [6, 6.07) is 3.77. The molecule has 4 nitrogen and oxygen atoms in total. The second kappa shape index (κ2) is 6.45. The Balaban J connectivity index is 2.43. The summed E-state index contributed by atoms with van der Waals surface area (Å²) in [5.74, 6) is -0.116. The van der Waals surface area contributed by atoms with Crippen molar-refractivity contribution in [3.05, 3.63) is 23.5 Å². The van der Waals surface area contributed by atoms with Crippen LogP contribution < -0.4 is 10.6 Å². The average Bonchev–Trinajstić information content (AvgIpc) is 2.29. The molecule has 0 aromatic carbocycles. The van der Waals surface area contributed by atoms with Crippen LogP contribution in [-0.2, 0) is 4.79 Å². The van der Waals surface area contributed by atoms with E-state index in [1.807, 2.05) is 6.92 Å². The molecule has 2 N–H and O–H groups in total. The van der Waals surface area contributed by atoms with Crippen molar-refractivity contribution in [3.63, 3.8) is 0 Å². The number of hydrogen-bond acceptors (Lipinski definition) is 3. The topological polar surface area (TPSA) is 54.0 Å². The van der Waals surface area contributed by atoms with E-state index < -0.39 is 0 Å². The minimum atomic E-state index is -0.116. The van der Waals surface area contributed by atoms with Crippen LogP contribution in [0.3, 0.4) is 0 Å². The lowest BCUT2D eigenvalue weighted by molar-refractivity contribution is -0.115. The molecule has 88 valence electrons. The maximum Gasteiger partial charge on any atom is 0.238 e. The number of carbonyl (C=O) groups is 1. The van der Waals surface area contributed by atoms with Gasteiger partial charge >= 0.3 is 0 Å². The number of pyridine rings is 1. The predicted molar refractivity (Wildman–Crippen MR) is 65.6 cm³/mol. The Morgan fingerprint density at radius 2 is 2.38 bits per heavy atom. The molecule has 1 rings (SSSR count). The molecule has 5 heteroatoms. The molecule has 16 heavy (non-hydrogen) atoms. The van der Waals surface area contributed by atoms with E-state index in [1.165, 1.54) is 0 Å². The van der Waals surface area contributed by atoms with Crippen LogP contribution >= 0.6 is 11.6 Å². The number of aromatic nitrogens is 1. The van der Waals surface area contributed by atoms with Crippen molar-refractivity contribution in [2.45, 2.75) is 26.3 Å². The molecule has 0 aliphatic heterocycles. The first kappa shape index (κ1) is 12.9. The van der Waals surface area contributed by atoms with Crippen molar-refractivity contribution in [2.24, 2.45) is 0 Å². The van der Waals surface area contributed by atoms with Crippen molar-refractivity contribution in [1.82, 2.24) is 10.3 Å². The minimum Gasteiger partial charge on any atom is -0.322 e. The molecule has 1 amide bonds. The molecule has 1 aromatic heterocycles. The van der Waals surface area contributed by atoms with Gasteiger partial charge in [-0.1, -0.05) is 18.5 Å². The first-order valence-corrected chi connectivity index (χ1v) is 5.65. The second-order valence-corrected chi connectivity index (χ2v) is 3.94. The Bertz CT molecular complexity index is 357. The molecule has 1 unspecified atom stereocenters. The molecule has 1 heterocycles. The maximum atomic E-state index is 11.5. The van der Waals surface area contributed by atoms with Gasteiger partial charge in [0, 0.05) is 12.2 Å². The fourth-order valence-electron chi connectivity index (χ4n) is 1.08. The second-order valence-electron chi connectivity index (χ2n) is 3.58. The average molecular weight is 242 g/mol. The Morgan fingerprint density at radius 1 is 1.62 bits per heavy atom. The molecule has 0 radical (unpaired) electrons. The van der Waals surface area contributed by atoms with E-state index in [2.05, 4.69) is 22.5 Å². The third-order valence-electron chi connectivity index (χ3n) is 2.26. The van der Waals surface area contributed by atoms with Gasteiger partial charge in [0.25, 0.3) is 0 Å². The van der Waals surface area contributed by atoms with Gasteiger partial charge in [-0.15, -0.1) is 0 Å². The van der Waals surface area contributed by atoms with Crippen molar-refractivity contribution in [2.75, 3.05) is 11.9 Å². The quantitative estimate of drug-likeness (QED) is 0.776. The summed E-state index contributed by atoms with van der Waals surface area (Å²) in [5, 5.41) is 6.09. The summed E-state index contributed by atoms with van der Waals surface area (Å²) in [6.07, 6.45) is 2.57. The number of nitrogens with one attached hydrogen (secondary N) is 2. The largest absolute Gasteiger partial charge is 0.322 e. The molecule has 0 saturated heterocycles. The first-order chi connectivity index (χ1) is 7.63. The first-order valence-electron chi connectivity index (χ1n) is 5.27. The van der Waals surface area contributed by atoms with E-state index in [0.717, 1.165) is 6.42 Å². The Hall–Kier alpha value is -1.13. The number of carbonyl (C=O) groups excluding carboxylic acids is 1. The van der Waals surface area contributed by atoms with Crippen molar-refractivity contribution in [3.8, 4) is 0 Å². The zero-order chi connectivity index (χ0) is 12.0. The van der Waals surface area contributed by atoms with Gasteiger partial charge in [-0.25, -0.2) is 4.98 Å². The van der Waals surface area contributed by atoms with Crippen LogP contribution in [0.25, 0.3) is 0 Å². The third kappa shape index (κ3) is 4.16. The normalized spacial score (nSPS) is 12.2. The van der Waals surface area contributed by atoms with Gasteiger partial charge in [0.05, 0.1) is 12.2 Å². The molecular formula is C11H16ClN3O. The van der Waals surface area contributed by atoms with E-state index in [4.69, 9.17) is 11.6 Å². The molecule has 1 atom stereocenters. The van der Waals surface area contributed by atoms with Gasteiger partial charge < -0.3 is 10.6 Å². The van der Waals surface area contributed by atoms with Crippen LogP contribution in [0, 0.1) is 0 Å². The molecule has 0 aliphatic carbocycles. The number of anilines is 1. The van der Waals surface area contributed by atoms with Crippen molar-refractivity contribution < 1.29 is 4.79 Å². The molecule has 0 saturated carbocycles. The van der Waals surface area contributed by atoms with E-state index >= 15 is 0 Å². The van der Waals surface area contributed by atoms with Gasteiger partial charge in [0.15, 0.2) is 5.15 Å². The van der Waals surface area contributed by atoms with Gasteiger partial charge in [-0.3, -0.25) is 4.79 Å². The zero-order valence-corrected chi connectivity index (χ0v) is 10.2. The van der Waals surface area contributed by atoms with E-state index in [0.29, 0.717) is 16.9 Å². The van der Waals surface area contributed by atoms with Crippen LogP contribution in [0.5, 0.6) is 0 Å². The highest BCUT2D eigenvalue weighted by Gasteiger charge is 2.06. The smallest absolute Gasteiger partial charge is 0.238 e. The summed E-state index contributed by atoms with van der Waals surface area (Å²) >= 11 is 5.81. The van der Waals surface area contributed by atoms with E-state index in [-0.39, 0.29) is 12.5 Å². The van der Waals surface area contributed by atoms with E-state index in [9.17, 15) is 4.79 Å². The van der Waals surface area contributed by atoms with Gasteiger partial charge in [0.1, 0.15) is 0 Å². The molecule has 1 aromatic rings. The lowest BCUT2D eigenvalue weighted by atomic mass is 10.2. The maximum absolute atomic E-state index is 11.5. The minimum absolute atomic E-state index is 0.116. The lowest BCUT2D eigenvalue weighted by Gasteiger charge is -2.11. The summed E-state index contributed by atoms with van der Waals surface area (Å²) in [4.78, 5) is 15.4. The number of halogens is 1. The van der Waals surface area contributed by atoms with Gasteiger partial charge in [-0.2, -0.15) is 0 Å². The fraction of sp³-hybridized carbons (Fsp3) is 0.455. The van der Waals surface area contributed by atoms with Gasteiger partial charge in [0.2, 0.25) is 5.91 Å². The summed E-state index contributed by atoms with van der Waals surface area (Å²) in [6.45, 7) is 4.37. The SMILES string of the molecule is CCC(C)NCC(=O)Nc1cccnc1Cl. The molecule has 0 spiro atoms. The molecule has 0 fully saturated rings. The van der Waals surface area contributed by atoms with Crippen molar-refractivity contribution in [1.29, 1.82) is 0 Å². The number of nitrogens with zero attached hydrogens (tertiary/aromatic N) is 1. The Morgan fingerprint density at radius 3 is 3.00 bits per heavy atom. The van der Waals surface area contributed by atoms with Gasteiger partial charge in [-0.05, 0) is 25.5 Å². The Labute approximate surface area is 100 Å². The number of amides is 1. The summed E-state index contributed by atoms with van der Waals surface area (Å²) in [7, 11) is 0. The van der Waals surface area contributed by atoms with Crippen LogP contribution in [-0.4, -0.2) is 23.5 Å².